The van der Waals surface area contributed by atoms with Crippen molar-refractivity contribution in [3.8, 4) is 11.4 Å². The number of nitrogens with zero attached hydrogens (tertiary/aromatic N) is 3. The standard InChI is InChI=1S/C17H16F3N5/c1-3-13-9-14(22-15-8-10(2)24-25-15)23-16(21-13)11-4-6-12(7-5-11)17(18,19)20/h4-9H,3H2,1-2H3,(H2,21,22,23,24,25). The lowest BCUT2D eigenvalue weighted by atomic mass is 10.1. The molecule has 3 rings (SSSR count). The molecule has 0 spiro atoms. The van der Waals surface area contributed by atoms with Crippen LogP contribution in [-0.2, 0) is 12.6 Å². The van der Waals surface area contributed by atoms with Gasteiger partial charge in [-0.2, -0.15) is 18.3 Å². The normalized spacial score (nSPS) is 11.6. The number of alkyl halides is 3. The van der Waals surface area contributed by atoms with Crippen molar-refractivity contribution in [2.75, 3.05) is 5.32 Å². The highest BCUT2D eigenvalue weighted by molar-refractivity contribution is 5.60. The Morgan fingerprint density at radius 1 is 1.08 bits per heavy atom. The molecule has 0 atom stereocenters. The van der Waals surface area contributed by atoms with Crippen LogP contribution in [0.1, 0.15) is 23.9 Å². The van der Waals surface area contributed by atoms with Gasteiger partial charge in [-0.1, -0.05) is 19.1 Å². The molecule has 0 saturated carbocycles. The van der Waals surface area contributed by atoms with Gasteiger partial charge < -0.3 is 5.32 Å². The van der Waals surface area contributed by atoms with Gasteiger partial charge in [-0.05, 0) is 25.5 Å². The predicted octanol–water partition coefficient (Wildman–Crippen LogP) is 4.50. The van der Waals surface area contributed by atoms with Crippen molar-refractivity contribution in [2.24, 2.45) is 0 Å². The van der Waals surface area contributed by atoms with E-state index >= 15 is 0 Å². The topological polar surface area (TPSA) is 66.5 Å². The van der Waals surface area contributed by atoms with Crippen LogP contribution in [0.25, 0.3) is 11.4 Å². The van der Waals surface area contributed by atoms with E-state index in [1.165, 1.54) is 12.1 Å². The summed E-state index contributed by atoms with van der Waals surface area (Å²) in [4.78, 5) is 8.80. The van der Waals surface area contributed by atoms with Crippen molar-refractivity contribution < 1.29 is 13.2 Å². The molecule has 2 aromatic heterocycles. The molecule has 0 aliphatic carbocycles. The number of aromatic amines is 1. The lowest BCUT2D eigenvalue weighted by Gasteiger charge is -2.10. The molecule has 0 radical (unpaired) electrons. The number of rotatable bonds is 4. The van der Waals surface area contributed by atoms with Gasteiger partial charge in [-0.15, -0.1) is 0 Å². The minimum Gasteiger partial charge on any atom is -0.325 e. The van der Waals surface area contributed by atoms with Gasteiger partial charge in [0.05, 0.1) is 11.3 Å². The SMILES string of the molecule is CCc1cc(Nc2cc(C)n[nH]2)nc(-c2ccc(C(F)(F)F)cc2)n1. The van der Waals surface area contributed by atoms with Gasteiger partial charge in [0, 0.05) is 23.4 Å². The molecule has 0 fully saturated rings. The second-order valence-corrected chi connectivity index (χ2v) is 5.54. The first kappa shape index (κ1) is 16.9. The zero-order valence-corrected chi connectivity index (χ0v) is 13.6. The Hall–Kier alpha value is -2.90. The van der Waals surface area contributed by atoms with Crippen LogP contribution in [-0.4, -0.2) is 20.2 Å². The molecule has 25 heavy (non-hydrogen) atoms. The Labute approximate surface area is 142 Å². The van der Waals surface area contributed by atoms with Crippen LogP contribution in [0.5, 0.6) is 0 Å². The van der Waals surface area contributed by atoms with Gasteiger partial charge in [0.2, 0.25) is 0 Å². The quantitative estimate of drug-likeness (QED) is 0.729. The first-order valence-corrected chi connectivity index (χ1v) is 7.70. The highest BCUT2D eigenvalue weighted by atomic mass is 19.4. The van der Waals surface area contributed by atoms with E-state index in [9.17, 15) is 13.2 Å². The molecule has 0 amide bonds. The summed E-state index contributed by atoms with van der Waals surface area (Å²) >= 11 is 0. The predicted molar refractivity (Wildman–Crippen MR) is 88.5 cm³/mol. The molecule has 1 aromatic carbocycles. The Morgan fingerprint density at radius 3 is 2.36 bits per heavy atom. The van der Waals surface area contributed by atoms with E-state index in [2.05, 4.69) is 25.5 Å². The van der Waals surface area contributed by atoms with Crippen molar-refractivity contribution in [3.63, 3.8) is 0 Å². The van der Waals surface area contributed by atoms with Crippen molar-refractivity contribution in [1.29, 1.82) is 0 Å². The molecular formula is C17H16F3N5. The minimum atomic E-state index is -4.37. The van der Waals surface area contributed by atoms with Gasteiger partial charge in [0.15, 0.2) is 5.82 Å². The molecule has 2 heterocycles. The molecule has 8 heteroatoms. The van der Waals surface area contributed by atoms with Gasteiger partial charge in [-0.3, -0.25) is 5.10 Å². The van der Waals surface area contributed by atoms with E-state index in [1.54, 1.807) is 6.07 Å². The summed E-state index contributed by atoms with van der Waals surface area (Å²) in [5.74, 6) is 1.59. The fraction of sp³-hybridized carbons (Fsp3) is 0.235. The Balaban J connectivity index is 1.94. The number of aromatic nitrogens is 4. The number of hydrogen-bond donors (Lipinski definition) is 2. The highest BCUT2D eigenvalue weighted by Crippen LogP contribution is 2.30. The van der Waals surface area contributed by atoms with E-state index in [0.29, 0.717) is 29.4 Å². The molecule has 0 saturated heterocycles. The summed E-state index contributed by atoms with van der Waals surface area (Å²) in [6.45, 7) is 3.80. The molecule has 130 valence electrons. The smallest absolute Gasteiger partial charge is 0.325 e. The summed E-state index contributed by atoms with van der Waals surface area (Å²) in [5.41, 5.74) is 1.43. The zero-order valence-electron chi connectivity index (χ0n) is 13.6. The number of aryl methyl sites for hydroxylation is 2. The van der Waals surface area contributed by atoms with Crippen LogP contribution >= 0.6 is 0 Å². The fourth-order valence-corrected chi connectivity index (χ4v) is 2.30. The van der Waals surface area contributed by atoms with E-state index in [0.717, 1.165) is 23.5 Å². The number of nitrogens with one attached hydrogen (secondary N) is 2. The Morgan fingerprint density at radius 2 is 1.80 bits per heavy atom. The van der Waals surface area contributed by atoms with Crippen LogP contribution < -0.4 is 5.32 Å². The third-order valence-electron chi connectivity index (χ3n) is 3.58. The molecular weight excluding hydrogens is 331 g/mol. The summed E-state index contributed by atoms with van der Waals surface area (Å²) in [6.07, 6.45) is -3.69. The first-order chi connectivity index (χ1) is 11.8. The molecule has 0 aliphatic rings. The maximum Gasteiger partial charge on any atom is 0.416 e. The third kappa shape index (κ3) is 3.96. The van der Waals surface area contributed by atoms with Gasteiger partial charge >= 0.3 is 6.18 Å². The number of H-pyrrole nitrogens is 1. The highest BCUT2D eigenvalue weighted by Gasteiger charge is 2.30. The van der Waals surface area contributed by atoms with Crippen molar-refractivity contribution in [1.82, 2.24) is 20.2 Å². The molecule has 2 N–H and O–H groups in total. The number of anilines is 2. The number of hydrogen-bond acceptors (Lipinski definition) is 4. The summed E-state index contributed by atoms with van der Waals surface area (Å²) in [5, 5.41) is 9.96. The van der Waals surface area contributed by atoms with Crippen molar-refractivity contribution in [2.45, 2.75) is 26.4 Å². The van der Waals surface area contributed by atoms with E-state index in [1.807, 2.05) is 19.9 Å². The Kier molecular flexibility index (Phi) is 4.43. The monoisotopic (exact) mass is 347 g/mol. The van der Waals surface area contributed by atoms with Crippen molar-refractivity contribution >= 4 is 11.6 Å². The first-order valence-electron chi connectivity index (χ1n) is 7.70. The molecule has 5 nitrogen and oxygen atoms in total. The van der Waals surface area contributed by atoms with E-state index in [-0.39, 0.29) is 0 Å². The van der Waals surface area contributed by atoms with Crippen LogP contribution in [0.15, 0.2) is 36.4 Å². The average Bonchev–Trinajstić information content (AvgIpc) is 2.98. The lowest BCUT2D eigenvalue weighted by molar-refractivity contribution is -0.137. The second kappa shape index (κ2) is 6.54. The second-order valence-electron chi connectivity index (χ2n) is 5.54. The Bertz CT molecular complexity index is 869. The van der Waals surface area contributed by atoms with E-state index in [4.69, 9.17) is 0 Å². The zero-order chi connectivity index (χ0) is 18.0. The lowest BCUT2D eigenvalue weighted by Crippen LogP contribution is -2.05. The maximum absolute atomic E-state index is 12.7. The molecule has 0 aliphatic heterocycles. The largest absolute Gasteiger partial charge is 0.416 e. The number of benzene rings is 1. The van der Waals surface area contributed by atoms with Crippen molar-refractivity contribution in [3.05, 3.63) is 53.3 Å². The third-order valence-corrected chi connectivity index (χ3v) is 3.58. The summed E-state index contributed by atoms with van der Waals surface area (Å²) in [7, 11) is 0. The van der Waals surface area contributed by atoms with Crippen LogP contribution in [0.4, 0.5) is 24.8 Å². The van der Waals surface area contributed by atoms with Gasteiger partial charge in [0.1, 0.15) is 11.6 Å². The van der Waals surface area contributed by atoms with Gasteiger partial charge in [0.25, 0.3) is 0 Å². The van der Waals surface area contributed by atoms with Crippen LogP contribution in [0.3, 0.4) is 0 Å². The maximum atomic E-state index is 12.7. The molecule has 0 unspecified atom stereocenters. The minimum absolute atomic E-state index is 0.367. The van der Waals surface area contributed by atoms with Gasteiger partial charge in [-0.25, -0.2) is 9.97 Å². The van der Waals surface area contributed by atoms with Crippen LogP contribution in [0, 0.1) is 6.92 Å². The average molecular weight is 347 g/mol. The molecule has 0 bridgehead atoms. The summed E-state index contributed by atoms with van der Waals surface area (Å²) in [6, 6.07) is 8.43. The van der Waals surface area contributed by atoms with E-state index < -0.39 is 11.7 Å². The summed E-state index contributed by atoms with van der Waals surface area (Å²) < 4.78 is 38.1. The number of halogens is 3. The molecule has 3 aromatic rings. The fourth-order valence-electron chi connectivity index (χ4n) is 2.30. The van der Waals surface area contributed by atoms with Crippen LogP contribution in [0.2, 0.25) is 0 Å².